The summed E-state index contributed by atoms with van der Waals surface area (Å²) < 4.78 is 0. The van der Waals surface area contributed by atoms with E-state index in [4.69, 9.17) is 11.6 Å². The smallest absolute Gasteiger partial charge is 0.226 e. The molecule has 6 nitrogen and oxygen atoms in total. The van der Waals surface area contributed by atoms with Crippen molar-refractivity contribution < 1.29 is 9.90 Å². The second kappa shape index (κ2) is 12.8. The summed E-state index contributed by atoms with van der Waals surface area (Å²) in [5.41, 5.74) is 1.27. The molecule has 0 aliphatic rings. The molecule has 0 heterocycles. The van der Waals surface area contributed by atoms with Crippen molar-refractivity contribution in [3.8, 4) is 0 Å². The first kappa shape index (κ1) is 26.2. The van der Waals surface area contributed by atoms with Gasteiger partial charge in [-0.1, -0.05) is 48.0 Å². The van der Waals surface area contributed by atoms with Crippen molar-refractivity contribution in [2.24, 2.45) is 4.99 Å². The summed E-state index contributed by atoms with van der Waals surface area (Å²) in [4.78, 5) is 16.7. The van der Waals surface area contributed by atoms with Gasteiger partial charge in [0.15, 0.2) is 5.96 Å². The first-order valence-corrected chi connectivity index (χ1v) is 10.1. The van der Waals surface area contributed by atoms with Crippen LogP contribution < -0.4 is 16.0 Å². The van der Waals surface area contributed by atoms with Crippen LogP contribution in [0.4, 0.5) is 5.69 Å². The van der Waals surface area contributed by atoms with E-state index in [-0.39, 0.29) is 42.8 Å². The Bertz CT molecular complexity index is 844. The summed E-state index contributed by atoms with van der Waals surface area (Å²) in [5, 5.41) is 20.4. The lowest BCUT2D eigenvalue weighted by Gasteiger charge is -2.22. The highest BCUT2D eigenvalue weighted by molar-refractivity contribution is 14.0. The first-order chi connectivity index (χ1) is 13.8. The van der Waals surface area contributed by atoms with E-state index in [0.717, 1.165) is 11.1 Å². The minimum absolute atomic E-state index is 0. The number of halogens is 2. The van der Waals surface area contributed by atoms with Crippen LogP contribution in [0.2, 0.25) is 5.02 Å². The van der Waals surface area contributed by atoms with Gasteiger partial charge in [-0.3, -0.25) is 4.79 Å². The predicted octanol–water partition coefficient (Wildman–Crippen LogP) is 4.06. The maximum atomic E-state index is 12.2. The molecule has 8 heteroatoms. The van der Waals surface area contributed by atoms with Crippen LogP contribution in [0.5, 0.6) is 0 Å². The van der Waals surface area contributed by atoms with E-state index in [1.54, 1.807) is 19.1 Å². The Kier molecular flexibility index (Phi) is 11.1. The zero-order valence-corrected chi connectivity index (χ0v) is 20.6. The second-order valence-electron chi connectivity index (χ2n) is 6.97. The van der Waals surface area contributed by atoms with Gasteiger partial charge in [0, 0.05) is 30.2 Å². The fourth-order valence-electron chi connectivity index (χ4n) is 2.71. The Morgan fingerprint density at radius 1 is 1.13 bits per heavy atom. The van der Waals surface area contributed by atoms with Crippen molar-refractivity contribution in [3.05, 3.63) is 64.7 Å². The van der Waals surface area contributed by atoms with Crippen LogP contribution in [0.15, 0.2) is 53.5 Å². The number of amides is 1. The number of rotatable bonds is 8. The normalized spacial score (nSPS) is 13.0. The zero-order chi connectivity index (χ0) is 21.3. The fourth-order valence-corrected chi connectivity index (χ4v) is 2.89. The quantitative estimate of drug-likeness (QED) is 0.229. The number of hydrogen-bond donors (Lipinski definition) is 4. The summed E-state index contributed by atoms with van der Waals surface area (Å²) in [6.45, 7) is 6.83. The highest BCUT2D eigenvalue weighted by Gasteiger charge is 2.22. The van der Waals surface area contributed by atoms with Gasteiger partial charge in [-0.2, -0.15) is 0 Å². The lowest BCUT2D eigenvalue weighted by Crippen LogP contribution is -2.40. The van der Waals surface area contributed by atoms with Gasteiger partial charge in [0.25, 0.3) is 0 Å². The molecule has 1 atom stereocenters. The zero-order valence-electron chi connectivity index (χ0n) is 17.5. The van der Waals surface area contributed by atoms with Crippen LogP contribution in [-0.2, 0) is 10.4 Å². The summed E-state index contributed by atoms with van der Waals surface area (Å²) in [6, 6.07) is 14.8. The van der Waals surface area contributed by atoms with Gasteiger partial charge in [0.1, 0.15) is 5.60 Å². The molecule has 0 aliphatic heterocycles. The minimum atomic E-state index is -1.08. The Labute approximate surface area is 200 Å². The van der Waals surface area contributed by atoms with E-state index in [1.165, 1.54) is 0 Å². The van der Waals surface area contributed by atoms with Crippen molar-refractivity contribution in [2.45, 2.75) is 32.8 Å². The number of nitrogens with one attached hydrogen (secondary N) is 3. The number of aliphatic hydroxyl groups is 1. The highest BCUT2D eigenvalue weighted by Crippen LogP contribution is 2.23. The van der Waals surface area contributed by atoms with Gasteiger partial charge >= 0.3 is 0 Å². The van der Waals surface area contributed by atoms with Crippen LogP contribution in [-0.4, -0.2) is 36.6 Å². The van der Waals surface area contributed by atoms with E-state index in [1.807, 2.05) is 50.2 Å². The molecule has 30 heavy (non-hydrogen) atoms. The third-order valence-electron chi connectivity index (χ3n) is 4.47. The number of anilines is 1. The van der Waals surface area contributed by atoms with Crippen LogP contribution in [0.25, 0.3) is 0 Å². The van der Waals surface area contributed by atoms with E-state index >= 15 is 0 Å². The minimum Gasteiger partial charge on any atom is -0.384 e. The van der Waals surface area contributed by atoms with E-state index in [9.17, 15) is 9.90 Å². The molecule has 2 aromatic rings. The Morgan fingerprint density at radius 2 is 1.83 bits per heavy atom. The molecular formula is C22H30ClIN4O2. The average Bonchev–Trinajstić information content (AvgIpc) is 2.70. The number of nitrogens with zero attached hydrogens (tertiary/aromatic N) is 1. The molecule has 1 unspecified atom stereocenters. The van der Waals surface area contributed by atoms with E-state index in [2.05, 4.69) is 20.9 Å². The van der Waals surface area contributed by atoms with E-state index in [0.29, 0.717) is 29.8 Å². The van der Waals surface area contributed by atoms with Crippen molar-refractivity contribution in [1.82, 2.24) is 10.6 Å². The topological polar surface area (TPSA) is 85.8 Å². The van der Waals surface area contributed by atoms with Gasteiger partial charge in [-0.25, -0.2) is 4.99 Å². The molecule has 2 rings (SSSR count). The second-order valence-corrected chi connectivity index (χ2v) is 7.38. The number of benzene rings is 2. The molecule has 164 valence electrons. The number of carbonyl (C=O) groups excluding carboxylic acids is 1. The van der Waals surface area contributed by atoms with Crippen molar-refractivity contribution in [2.75, 3.05) is 25.0 Å². The Hall–Kier alpha value is -1.84. The summed E-state index contributed by atoms with van der Waals surface area (Å²) in [7, 11) is 0. The molecule has 0 bridgehead atoms. The van der Waals surface area contributed by atoms with Crippen LogP contribution in [0.1, 0.15) is 31.4 Å². The summed E-state index contributed by atoms with van der Waals surface area (Å²) in [6.07, 6.45) is 0.269. The predicted molar refractivity (Wildman–Crippen MR) is 135 cm³/mol. The lowest BCUT2D eigenvalue weighted by molar-refractivity contribution is -0.116. The molecule has 0 aromatic heterocycles. The molecule has 0 fully saturated rings. The molecule has 0 aliphatic carbocycles. The third kappa shape index (κ3) is 8.12. The van der Waals surface area contributed by atoms with Gasteiger partial charge in [0.2, 0.25) is 5.91 Å². The Morgan fingerprint density at radius 3 is 2.50 bits per heavy atom. The van der Waals surface area contributed by atoms with Crippen LogP contribution in [0.3, 0.4) is 0 Å². The van der Waals surface area contributed by atoms with E-state index < -0.39 is 5.60 Å². The first-order valence-electron chi connectivity index (χ1n) is 9.68. The molecule has 1 amide bonds. The average molecular weight is 545 g/mol. The number of carbonyl (C=O) groups is 1. The maximum Gasteiger partial charge on any atom is 0.226 e. The van der Waals surface area contributed by atoms with Crippen LogP contribution in [0, 0.1) is 6.92 Å². The standard InChI is InChI=1S/C22H29ClN4O2.HI/c1-4-24-21(26-15-22(3,29)17-9-6-5-7-10-17)25-14-13-20(28)27-19-12-8-11-18(23)16(19)2;/h5-12,29H,4,13-15H2,1-3H3,(H,27,28)(H2,24,25,26);1H. The van der Waals surface area contributed by atoms with Gasteiger partial charge in [0.05, 0.1) is 6.54 Å². The van der Waals surface area contributed by atoms with Gasteiger partial charge in [-0.15, -0.1) is 24.0 Å². The summed E-state index contributed by atoms with van der Waals surface area (Å²) >= 11 is 6.09. The Balaban J connectivity index is 0.00000450. The monoisotopic (exact) mass is 544 g/mol. The molecular weight excluding hydrogens is 515 g/mol. The largest absolute Gasteiger partial charge is 0.384 e. The molecule has 2 aromatic carbocycles. The SMILES string of the molecule is CCNC(=NCC(C)(O)c1ccccc1)NCCC(=O)Nc1cccc(Cl)c1C.I. The van der Waals surface area contributed by atoms with Crippen molar-refractivity contribution in [3.63, 3.8) is 0 Å². The van der Waals surface area contributed by atoms with Crippen molar-refractivity contribution >= 4 is 53.1 Å². The molecule has 0 spiro atoms. The maximum absolute atomic E-state index is 12.2. The van der Waals surface area contributed by atoms with Crippen LogP contribution >= 0.6 is 35.6 Å². The number of aliphatic imine (C=N–C) groups is 1. The third-order valence-corrected chi connectivity index (χ3v) is 4.88. The van der Waals surface area contributed by atoms with Gasteiger partial charge in [-0.05, 0) is 44.0 Å². The molecule has 4 N–H and O–H groups in total. The van der Waals surface area contributed by atoms with Crippen molar-refractivity contribution in [1.29, 1.82) is 0 Å². The summed E-state index contributed by atoms with van der Waals surface area (Å²) in [5.74, 6) is 0.436. The highest BCUT2D eigenvalue weighted by atomic mass is 127. The number of guanidine groups is 1. The van der Waals surface area contributed by atoms with Gasteiger partial charge < -0.3 is 21.1 Å². The molecule has 0 saturated carbocycles. The fraction of sp³-hybridized carbons (Fsp3) is 0.364. The molecule has 0 radical (unpaired) electrons. The lowest BCUT2D eigenvalue weighted by atomic mass is 9.96. The molecule has 0 saturated heterocycles. The number of hydrogen-bond acceptors (Lipinski definition) is 3.